The number of fused-ring (bicyclic) bond motifs is 1. The number of aldehydes is 1. The average molecular weight is 311 g/mol. The third kappa shape index (κ3) is 2.07. The van der Waals surface area contributed by atoms with Crippen LogP contribution in [0.25, 0.3) is 0 Å². The number of ether oxygens (including phenoxy) is 2. The van der Waals surface area contributed by atoms with Crippen LogP contribution in [-0.4, -0.2) is 30.6 Å². The van der Waals surface area contributed by atoms with Crippen LogP contribution in [0.15, 0.2) is 6.07 Å². The SMILES string of the molecule is O=Cc1c(Cl)cc(C2(C(=O)O)CCCC2)c2c1OCCO2. The van der Waals surface area contributed by atoms with Crippen LogP contribution < -0.4 is 9.47 Å². The van der Waals surface area contributed by atoms with Crippen LogP contribution in [0.5, 0.6) is 11.5 Å². The summed E-state index contributed by atoms with van der Waals surface area (Å²) < 4.78 is 11.2. The van der Waals surface area contributed by atoms with E-state index in [2.05, 4.69) is 0 Å². The van der Waals surface area contributed by atoms with Crippen LogP contribution in [0.2, 0.25) is 5.02 Å². The minimum atomic E-state index is -1.00. The van der Waals surface area contributed by atoms with Gasteiger partial charge in [0.1, 0.15) is 13.2 Å². The van der Waals surface area contributed by atoms with Gasteiger partial charge in [-0.05, 0) is 18.9 Å². The van der Waals surface area contributed by atoms with Crippen molar-refractivity contribution in [2.24, 2.45) is 0 Å². The lowest BCUT2D eigenvalue weighted by atomic mass is 9.78. The molecule has 1 N–H and O–H groups in total. The lowest BCUT2D eigenvalue weighted by Gasteiger charge is -2.30. The van der Waals surface area contributed by atoms with Gasteiger partial charge in [0, 0.05) is 5.56 Å². The molecule has 112 valence electrons. The Morgan fingerprint density at radius 1 is 1.24 bits per heavy atom. The molecule has 2 aliphatic rings. The van der Waals surface area contributed by atoms with Crippen molar-refractivity contribution in [3.63, 3.8) is 0 Å². The van der Waals surface area contributed by atoms with Gasteiger partial charge >= 0.3 is 5.97 Å². The molecule has 1 saturated carbocycles. The topological polar surface area (TPSA) is 72.8 Å². The van der Waals surface area contributed by atoms with E-state index in [9.17, 15) is 14.7 Å². The van der Waals surface area contributed by atoms with E-state index in [1.54, 1.807) is 6.07 Å². The summed E-state index contributed by atoms with van der Waals surface area (Å²) in [5.74, 6) is -0.255. The third-order valence-corrected chi connectivity index (χ3v) is 4.61. The van der Waals surface area contributed by atoms with Crippen molar-refractivity contribution in [3.05, 3.63) is 22.2 Å². The number of benzene rings is 1. The summed E-state index contributed by atoms with van der Waals surface area (Å²) in [6.45, 7) is 0.642. The lowest BCUT2D eigenvalue weighted by molar-refractivity contribution is -0.143. The number of hydrogen-bond acceptors (Lipinski definition) is 4. The van der Waals surface area contributed by atoms with E-state index in [0.29, 0.717) is 43.7 Å². The second-order valence-electron chi connectivity index (χ2n) is 5.39. The van der Waals surface area contributed by atoms with E-state index in [-0.39, 0.29) is 16.3 Å². The number of hydrogen-bond donors (Lipinski definition) is 1. The van der Waals surface area contributed by atoms with E-state index in [1.165, 1.54) is 0 Å². The summed E-state index contributed by atoms with van der Waals surface area (Å²) in [6, 6.07) is 1.55. The van der Waals surface area contributed by atoms with Crippen molar-refractivity contribution < 1.29 is 24.2 Å². The highest BCUT2D eigenvalue weighted by Crippen LogP contribution is 2.51. The molecule has 0 saturated heterocycles. The quantitative estimate of drug-likeness (QED) is 0.869. The molecule has 1 aliphatic heterocycles. The van der Waals surface area contributed by atoms with E-state index in [1.807, 2.05) is 0 Å². The van der Waals surface area contributed by atoms with E-state index in [0.717, 1.165) is 12.8 Å². The second kappa shape index (κ2) is 5.22. The zero-order valence-electron chi connectivity index (χ0n) is 11.4. The lowest BCUT2D eigenvalue weighted by Crippen LogP contribution is -2.34. The number of rotatable bonds is 3. The number of aliphatic carboxylic acids is 1. The molecule has 1 aliphatic carbocycles. The second-order valence-corrected chi connectivity index (χ2v) is 5.79. The number of carbonyl (C=O) groups excluding carboxylic acids is 1. The van der Waals surface area contributed by atoms with Crippen molar-refractivity contribution >= 4 is 23.9 Å². The van der Waals surface area contributed by atoms with Crippen molar-refractivity contribution in [2.45, 2.75) is 31.1 Å². The molecule has 0 radical (unpaired) electrons. The van der Waals surface area contributed by atoms with Gasteiger partial charge in [0.25, 0.3) is 0 Å². The normalized spacial score (nSPS) is 19.3. The van der Waals surface area contributed by atoms with Gasteiger partial charge in [-0.25, -0.2) is 0 Å². The van der Waals surface area contributed by atoms with Gasteiger partial charge in [0.2, 0.25) is 0 Å². The maximum atomic E-state index is 11.9. The number of carboxylic acids is 1. The highest BCUT2D eigenvalue weighted by atomic mass is 35.5. The summed E-state index contributed by atoms with van der Waals surface area (Å²) in [6.07, 6.45) is 3.37. The van der Waals surface area contributed by atoms with E-state index >= 15 is 0 Å². The molecule has 1 aromatic rings. The monoisotopic (exact) mass is 310 g/mol. The van der Waals surface area contributed by atoms with E-state index < -0.39 is 11.4 Å². The van der Waals surface area contributed by atoms with Crippen LogP contribution in [0.1, 0.15) is 41.6 Å². The Morgan fingerprint density at radius 3 is 2.43 bits per heavy atom. The average Bonchev–Trinajstić information content (AvgIpc) is 2.97. The van der Waals surface area contributed by atoms with Crippen molar-refractivity contribution in [1.29, 1.82) is 0 Å². The Hall–Kier alpha value is -1.75. The predicted octanol–water partition coefficient (Wildman–Crippen LogP) is 2.82. The molecule has 0 bridgehead atoms. The summed E-state index contributed by atoms with van der Waals surface area (Å²) >= 11 is 6.15. The van der Waals surface area contributed by atoms with Gasteiger partial charge in [-0.1, -0.05) is 24.4 Å². The largest absolute Gasteiger partial charge is 0.486 e. The summed E-state index contributed by atoms with van der Waals surface area (Å²) in [5.41, 5.74) is -0.262. The molecule has 6 heteroatoms. The summed E-state index contributed by atoms with van der Waals surface area (Å²) in [5, 5.41) is 9.93. The molecule has 5 nitrogen and oxygen atoms in total. The molecule has 0 atom stereocenters. The fourth-order valence-corrected chi connectivity index (χ4v) is 3.48. The standard InChI is InChI=1S/C15H15ClO5/c16-11-7-10(15(14(18)19)3-1-2-4-15)13-12(9(11)8-17)20-5-6-21-13/h7-8H,1-6H2,(H,18,19). The molecule has 1 aromatic carbocycles. The van der Waals surface area contributed by atoms with Crippen molar-refractivity contribution in [2.75, 3.05) is 13.2 Å². The first-order valence-corrected chi connectivity index (χ1v) is 7.29. The van der Waals surface area contributed by atoms with Crippen LogP contribution >= 0.6 is 11.6 Å². The first-order chi connectivity index (χ1) is 10.1. The fourth-order valence-electron chi connectivity index (χ4n) is 3.24. The third-order valence-electron chi connectivity index (χ3n) is 4.30. The maximum Gasteiger partial charge on any atom is 0.314 e. The van der Waals surface area contributed by atoms with E-state index in [4.69, 9.17) is 21.1 Å². The summed E-state index contributed by atoms with van der Waals surface area (Å²) in [4.78, 5) is 23.1. The molecule has 0 unspecified atom stereocenters. The Morgan fingerprint density at radius 2 is 1.86 bits per heavy atom. The molecule has 0 aromatic heterocycles. The van der Waals surface area contributed by atoms with Crippen molar-refractivity contribution in [1.82, 2.24) is 0 Å². The molecule has 0 amide bonds. The Labute approximate surface area is 126 Å². The first-order valence-electron chi connectivity index (χ1n) is 6.91. The molecular weight excluding hydrogens is 296 g/mol. The fraction of sp³-hybridized carbons (Fsp3) is 0.467. The maximum absolute atomic E-state index is 11.9. The first kappa shape index (κ1) is 14.2. The van der Waals surface area contributed by atoms with Gasteiger partial charge in [0.15, 0.2) is 17.8 Å². The highest BCUT2D eigenvalue weighted by Gasteiger charge is 2.46. The smallest absolute Gasteiger partial charge is 0.314 e. The van der Waals surface area contributed by atoms with Crippen molar-refractivity contribution in [3.8, 4) is 11.5 Å². The van der Waals surface area contributed by atoms with Gasteiger partial charge in [-0.2, -0.15) is 0 Å². The minimum Gasteiger partial charge on any atom is -0.486 e. The molecule has 3 rings (SSSR count). The van der Waals surface area contributed by atoms with Gasteiger partial charge in [-0.15, -0.1) is 0 Å². The Kier molecular flexibility index (Phi) is 3.53. The van der Waals surface area contributed by atoms with Crippen LogP contribution in [0, 0.1) is 0 Å². The molecule has 0 spiro atoms. The Balaban J connectivity index is 2.25. The van der Waals surface area contributed by atoms with Crippen LogP contribution in [-0.2, 0) is 10.2 Å². The van der Waals surface area contributed by atoms with Gasteiger partial charge in [0.05, 0.1) is 16.0 Å². The molecular formula is C15H15ClO5. The number of halogens is 1. The van der Waals surface area contributed by atoms with Crippen LogP contribution in [0.4, 0.5) is 0 Å². The number of carboxylic acid groups (broad SMARTS) is 1. The highest BCUT2D eigenvalue weighted by molar-refractivity contribution is 6.33. The zero-order chi connectivity index (χ0) is 15.0. The Bertz CT molecular complexity index is 605. The van der Waals surface area contributed by atoms with Crippen LogP contribution in [0.3, 0.4) is 0 Å². The minimum absolute atomic E-state index is 0.205. The molecule has 1 fully saturated rings. The number of carbonyl (C=O) groups is 2. The zero-order valence-corrected chi connectivity index (χ0v) is 12.1. The molecule has 21 heavy (non-hydrogen) atoms. The predicted molar refractivity (Wildman–Crippen MR) is 75.6 cm³/mol. The van der Waals surface area contributed by atoms with Gasteiger partial charge < -0.3 is 14.6 Å². The van der Waals surface area contributed by atoms with Gasteiger partial charge in [-0.3, -0.25) is 9.59 Å². The summed E-state index contributed by atoms with van der Waals surface area (Å²) in [7, 11) is 0. The molecule has 1 heterocycles.